The summed E-state index contributed by atoms with van der Waals surface area (Å²) in [5.41, 5.74) is 4.01. The molecule has 2 aromatic rings. The van der Waals surface area contributed by atoms with Gasteiger partial charge >= 0.3 is 5.97 Å². The van der Waals surface area contributed by atoms with Crippen LogP contribution in [0.1, 0.15) is 42.6 Å². The van der Waals surface area contributed by atoms with Crippen LogP contribution in [0.25, 0.3) is 11.1 Å². The molecule has 0 unspecified atom stereocenters. The van der Waals surface area contributed by atoms with Crippen molar-refractivity contribution < 1.29 is 14.6 Å². The van der Waals surface area contributed by atoms with Crippen LogP contribution in [-0.4, -0.2) is 24.3 Å². The highest BCUT2D eigenvalue weighted by atomic mass is 16.5. The van der Waals surface area contributed by atoms with Gasteiger partial charge in [0.15, 0.2) is 0 Å². The molecule has 23 heavy (non-hydrogen) atoms. The molecule has 2 rings (SSSR count). The summed E-state index contributed by atoms with van der Waals surface area (Å²) in [6.07, 6.45) is 1.34. The smallest absolute Gasteiger partial charge is 0.338 e. The molecule has 0 bridgehead atoms. The van der Waals surface area contributed by atoms with Crippen LogP contribution in [-0.2, 0) is 4.74 Å². The van der Waals surface area contributed by atoms with Gasteiger partial charge in [0.1, 0.15) is 0 Å². The summed E-state index contributed by atoms with van der Waals surface area (Å²) in [4.78, 5) is 11.8. The molecule has 0 aliphatic rings. The van der Waals surface area contributed by atoms with E-state index in [-0.39, 0.29) is 12.6 Å². The largest absolute Gasteiger partial charge is 0.462 e. The monoisotopic (exact) mass is 314 g/mol. The van der Waals surface area contributed by atoms with Gasteiger partial charge in [0.25, 0.3) is 0 Å². The standard InChI is InChI=1S/C18H20O3.C2H6/c1-14-6-2-3-7-17(14)15-8-10-16(11-9-15)18(20)21-13-5-4-12-19;1-2/h2-3,6-11,19H,4-5,12-13H2,1H3;1-2H3. The lowest BCUT2D eigenvalue weighted by Crippen LogP contribution is -2.06. The molecule has 0 atom stereocenters. The van der Waals surface area contributed by atoms with Crippen molar-refractivity contribution in [2.24, 2.45) is 0 Å². The Balaban J connectivity index is 0.00000127. The van der Waals surface area contributed by atoms with Crippen LogP contribution in [0.3, 0.4) is 0 Å². The lowest BCUT2D eigenvalue weighted by Gasteiger charge is -2.07. The predicted octanol–water partition coefficient (Wildman–Crippen LogP) is 4.62. The van der Waals surface area contributed by atoms with Crippen LogP contribution in [0.2, 0.25) is 0 Å². The normalized spacial score (nSPS) is 9.74. The molecule has 124 valence electrons. The molecule has 0 aliphatic carbocycles. The number of ether oxygens (including phenoxy) is 1. The van der Waals surface area contributed by atoms with Crippen molar-refractivity contribution in [3.05, 3.63) is 59.7 Å². The fraction of sp³-hybridized carbons (Fsp3) is 0.350. The summed E-state index contributed by atoms with van der Waals surface area (Å²) in [6, 6.07) is 15.6. The first kappa shape index (κ1) is 18.9. The molecule has 3 nitrogen and oxygen atoms in total. The van der Waals surface area contributed by atoms with Crippen molar-refractivity contribution in [2.75, 3.05) is 13.2 Å². The average Bonchev–Trinajstić information content (AvgIpc) is 2.61. The summed E-state index contributed by atoms with van der Waals surface area (Å²) in [7, 11) is 0. The molecule has 0 radical (unpaired) electrons. The Labute approximate surface area is 138 Å². The van der Waals surface area contributed by atoms with Crippen LogP contribution in [0.4, 0.5) is 0 Å². The first-order valence-electron chi connectivity index (χ1n) is 8.16. The molecule has 0 fully saturated rings. The highest BCUT2D eigenvalue weighted by Gasteiger charge is 2.07. The van der Waals surface area contributed by atoms with Crippen molar-refractivity contribution in [3.8, 4) is 11.1 Å². The zero-order valence-corrected chi connectivity index (χ0v) is 14.2. The zero-order valence-electron chi connectivity index (χ0n) is 14.2. The lowest BCUT2D eigenvalue weighted by atomic mass is 10.00. The molecule has 3 heteroatoms. The summed E-state index contributed by atoms with van der Waals surface area (Å²) in [6.45, 7) is 6.54. The number of aryl methyl sites for hydroxylation is 1. The van der Waals surface area contributed by atoms with E-state index in [9.17, 15) is 4.79 Å². The highest BCUT2D eigenvalue weighted by molar-refractivity contribution is 5.90. The van der Waals surface area contributed by atoms with Gasteiger partial charge in [-0.15, -0.1) is 0 Å². The second-order valence-corrected chi connectivity index (χ2v) is 4.96. The van der Waals surface area contributed by atoms with Gasteiger partial charge in [0, 0.05) is 6.61 Å². The predicted molar refractivity (Wildman–Crippen MR) is 94.6 cm³/mol. The van der Waals surface area contributed by atoms with E-state index in [1.54, 1.807) is 12.1 Å². The van der Waals surface area contributed by atoms with Gasteiger partial charge in [0.05, 0.1) is 12.2 Å². The van der Waals surface area contributed by atoms with Crippen molar-refractivity contribution in [1.29, 1.82) is 0 Å². The Morgan fingerprint density at radius 3 is 2.26 bits per heavy atom. The van der Waals surface area contributed by atoms with Crippen LogP contribution in [0, 0.1) is 6.92 Å². The molecule has 1 N–H and O–H groups in total. The molecule has 0 spiro atoms. The Morgan fingerprint density at radius 2 is 1.65 bits per heavy atom. The number of benzene rings is 2. The number of aliphatic hydroxyl groups is 1. The van der Waals surface area contributed by atoms with Gasteiger partial charge in [-0.1, -0.05) is 50.2 Å². The van der Waals surface area contributed by atoms with Gasteiger partial charge in [-0.25, -0.2) is 4.79 Å². The SMILES string of the molecule is CC.Cc1ccccc1-c1ccc(C(=O)OCCCCO)cc1. The third kappa shape index (κ3) is 5.87. The molecular formula is C20H26O3. The van der Waals surface area contributed by atoms with Crippen LogP contribution in [0.15, 0.2) is 48.5 Å². The van der Waals surface area contributed by atoms with E-state index in [1.165, 1.54) is 11.1 Å². The highest BCUT2D eigenvalue weighted by Crippen LogP contribution is 2.23. The van der Waals surface area contributed by atoms with Gasteiger partial charge in [-0.2, -0.15) is 0 Å². The van der Waals surface area contributed by atoms with E-state index in [2.05, 4.69) is 19.1 Å². The Kier molecular flexibility index (Phi) is 8.70. The van der Waals surface area contributed by atoms with Crippen LogP contribution in [0.5, 0.6) is 0 Å². The number of carbonyl (C=O) groups is 1. The van der Waals surface area contributed by atoms with Crippen molar-refractivity contribution in [2.45, 2.75) is 33.6 Å². The maximum absolute atomic E-state index is 11.8. The number of hydrogen-bond acceptors (Lipinski definition) is 3. The number of aliphatic hydroxyl groups excluding tert-OH is 1. The van der Waals surface area contributed by atoms with E-state index < -0.39 is 0 Å². The molecule has 0 heterocycles. The van der Waals surface area contributed by atoms with E-state index in [4.69, 9.17) is 9.84 Å². The third-order valence-electron chi connectivity index (χ3n) is 3.36. The maximum Gasteiger partial charge on any atom is 0.338 e. The minimum atomic E-state index is -0.315. The minimum Gasteiger partial charge on any atom is -0.462 e. The third-order valence-corrected chi connectivity index (χ3v) is 3.36. The average molecular weight is 314 g/mol. The number of unbranched alkanes of at least 4 members (excludes halogenated alkanes) is 1. The summed E-state index contributed by atoms with van der Waals surface area (Å²) >= 11 is 0. The van der Waals surface area contributed by atoms with Crippen LogP contribution >= 0.6 is 0 Å². The molecule has 0 saturated heterocycles. The molecule has 0 aromatic heterocycles. The summed E-state index contributed by atoms with van der Waals surface area (Å²) in [5, 5.41) is 8.67. The van der Waals surface area contributed by atoms with E-state index in [0.717, 1.165) is 5.56 Å². The number of esters is 1. The second-order valence-electron chi connectivity index (χ2n) is 4.96. The van der Waals surface area contributed by atoms with E-state index in [0.29, 0.717) is 25.0 Å². The van der Waals surface area contributed by atoms with Crippen molar-refractivity contribution in [3.63, 3.8) is 0 Å². The lowest BCUT2D eigenvalue weighted by molar-refractivity contribution is 0.0492. The van der Waals surface area contributed by atoms with Crippen molar-refractivity contribution in [1.82, 2.24) is 0 Å². The first-order chi connectivity index (χ1) is 11.2. The van der Waals surface area contributed by atoms with Crippen molar-refractivity contribution >= 4 is 5.97 Å². The molecule has 0 saturated carbocycles. The minimum absolute atomic E-state index is 0.128. The first-order valence-corrected chi connectivity index (χ1v) is 8.16. The van der Waals surface area contributed by atoms with Gasteiger partial charge < -0.3 is 9.84 Å². The quantitative estimate of drug-likeness (QED) is 0.625. The zero-order chi connectivity index (χ0) is 17.1. The molecule has 0 amide bonds. The Bertz CT molecular complexity index is 588. The fourth-order valence-corrected chi connectivity index (χ4v) is 2.14. The summed E-state index contributed by atoms with van der Waals surface area (Å²) < 4.78 is 5.15. The van der Waals surface area contributed by atoms with Crippen LogP contribution < -0.4 is 0 Å². The maximum atomic E-state index is 11.8. The molecular weight excluding hydrogens is 288 g/mol. The van der Waals surface area contributed by atoms with Gasteiger partial charge in [-0.05, 0) is 48.6 Å². The van der Waals surface area contributed by atoms with Gasteiger partial charge in [-0.3, -0.25) is 0 Å². The van der Waals surface area contributed by atoms with Gasteiger partial charge in [0.2, 0.25) is 0 Å². The fourth-order valence-electron chi connectivity index (χ4n) is 2.14. The topological polar surface area (TPSA) is 46.5 Å². The number of rotatable bonds is 6. The molecule has 2 aromatic carbocycles. The Morgan fingerprint density at radius 1 is 1.00 bits per heavy atom. The second kappa shape index (κ2) is 10.6. The Hall–Kier alpha value is -2.13. The van der Waals surface area contributed by atoms with E-state index >= 15 is 0 Å². The number of carbonyl (C=O) groups excluding carboxylic acids is 1. The number of hydrogen-bond donors (Lipinski definition) is 1. The van der Waals surface area contributed by atoms with E-state index in [1.807, 2.05) is 38.1 Å². The molecule has 0 aliphatic heterocycles. The summed E-state index contributed by atoms with van der Waals surface area (Å²) in [5.74, 6) is -0.315.